The van der Waals surface area contributed by atoms with Gasteiger partial charge in [0.1, 0.15) is 5.75 Å². The first-order valence-electron chi connectivity index (χ1n) is 8.78. The maximum atomic E-state index is 14.2. The van der Waals surface area contributed by atoms with Gasteiger partial charge in [0.05, 0.1) is 0 Å². The first-order chi connectivity index (χ1) is 12.1. The van der Waals surface area contributed by atoms with Gasteiger partial charge >= 0.3 is 0 Å². The van der Waals surface area contributed by atoms with Crippen LogP contribution in [0.5, 0.6) is 5.75 Å². The second-order valence-electron chi connectivity index (χ2n) is 7.38. The molecule has 0 radical (unpaired) electrons. The third kappa shape index (κ3) is 2.76. The zero-order valence-electron chi connectivity index (χ0n) is 16.1. The molecule has 0 aromatic heterocycles. The SMILES string of the molecule is CC1=C(C)C(c2cc(F)c(F)cc2-c2cc(C)cc(C)c2O)C(C)=C1C. The van der Waals surface area contributed by atoms with E-state index in [1.54, 1.807) is 0 Å². The van der Waals surface area contributed by atoms with E-state index in [9.17, 15) is 13.9 Å². The highest BCUT2D eigenvalue weighted by molar-refractivity contribution is 5.77. The predicted octanol–water partition coefficient (Wildman–Crippen LogP) is 6.72. The van der Waals surface area contributed by atoms with E-state index in [4.69, 9.17) is 0 Å². The molecule has 2 aromatic rings. The molecule has 0 aliphatic heterocycles. The van der Waals surface area contributed by atoms with Gasteiger partial charge in [-0.05, 0) is 93.1 Å². The molecule has 1 aliphatic rings. The number of benzene rings is 2. The first-order valence-corrected chi connectivity index (χ1v) is 8.78. The van der Waals surface area contributed by atoms with Crippen LogP contribution in [0, 0.1) is 25.5 Å². The largest absolute Gasteiger partial charge is 0.507 e. The lowest BCUT2D eigenvalue weighted by molar-refractivity contribution is 0.472. The number of aryl methyl sites for hydroxylation is 2. The lowest BCUT2D eigenvalue weighted by atomic mass is 9.83. The minimum absolute atomic E-state index is 0.109. The summed E-state index contributed by atoms with van der Waals surface area (Å²) in [5, 5.41) is 10.6. The Balaban J connectivity index is 2.35. The van der Waals surface area contributed by atoms with E-state index in [1.807, 2.05) is 39.8 Å². The number of hydrogen-bond donors (Lipinski definition) is 1. The number of halogens is 2. The number of allylic oxidation sites excluding steroid dienone is 4. The van der Waals surface area contributed by atoms with Gasteiger partial charge in [0.25, 0.3) is 0 Å². The van der Waals surface area contributed by atoms with E-state index in [0.717, 1.165) is 16.7 Å². The molecule has 0 amide bonds. The van der Waals surface area contributed by atoms with Gasteiger partial charge in [0, 0.05) is 11.5 Å². The molecule has 0 bridgehead atoms. The van der Waals surface area contributed by atoms with Crippen molar-refractivity contribution in [1.82, 2.24) is 0 Å². The smallest absolute Gasteiger partial charge is 0.159 e. The Hall–Kier alpha value is -2.42. The van der Waals surface area contributed by atoms with Crippen molar-refractivity contribution in [3.63, 3.8) is 0 Å². The summed E-state index contributed by atoms with van der Waals surface area (Å²) in [5.74, 6) is -1.77. The monoisotopic (exact) mass is 354 g/mol. The van der Waals surface area contributed by atoms with E-state index in [0.29, 0.717) is 22.3 Å². The summed E-state index contributed by atoms with van der Waals surface area (Å²) in [6.45, 7) is 11.9. The van der Waals surface area contributed by atoms with Crippen molar-refractivity contribution >= 4 is 0 Å². The average Bonchev–Trinajstić information content (AvgIpc) is 2.77. The van der Waals surface area contributed by atoms with E-state index in [-0.39, 0.29) is 11.7 Å². The lowest BCUT2D eigenvalue weighted by Crippen LogP contribution is -2.05. The van der Waals surface area contributed by atoms with E-state index in [2.05, 4.69) is 13.8 Å². The molecule has 3 rings (SSSR count). The maximum absolute atomic E-state index is 14.2. The molecule has 0 unspecified atom stereocenters. The van der Waals surface area contributed by atoms with Crippen LogP contribution in [0.1, 0.15) is 50.3 Å². The van der Waals surface area contributed by atoms with Crippen molar-refractivity contribution < 1.29 is 13.9 Å². The Bertz CT molecular complexity index is 956. The topological polar surface area (TPSA) is 20.2 Å². The van der Waals surface area contributed by atoms with Crippen molar-refractivity contribution in [2.45, 2.75) is 47.5 Å². The van der Waals surface area contributed by atoms with E-state index < -0.39 is 11.6 Å². The van der Waals surface area contributed by atoms with Crippen LogP contribution in [0.15, 0.2) is 46.6 Å². The van der Waals surface area contributed by atoms with Gasteiger partial charge in [-0.2, -0.15) is 0 Å². The van der Waals surface area contributed by atoms with Crippen LogP contribution in [0.4, 0.5) is 8.78 Å². The van der Waals surface area contributed by atoms with Crippen LogP contribution in [-0.4, -0.2) is 5.11 Å². The highest BCUT2D eigenvalue weighted by Crippen LogP contribution is 2.48. The number of phenolic OH excluding ortho intramolecular Hbond substituents is 1. The van der Waals surface area contributed by atoms with E-state index in [1.165, 1.54) is 23.3 Å². The molecular weight excluding hydrogens is 330 g/mol. The zero-order chi connectivity index (χ0) is 19.3. The Morgan fingerprint density at radius 3 is 1.85 bits per heavy atom. The number of aromatic hydroxyl groups is 1. The quantitative estimate of drug-likeness (QED) is 0.634. The van der Waals surface area contributed by atoms with Crippen molar-refractivity contribution in [2.24, 2.45) is 0 Å². The summed E-state index contributed by atoms with van der Waals surface area (Å²) >= 11 is 0. The fraction of sp³-hybridized carbons (Fsp3) is 0.304. The lowest BCUT2D eigenvalue weighted by Gasteiger charge is -2.21. The van der Waals surface area contributed by atoms with Gasteiger partial charge in [-0.15, -0.1) is 0 Å². The molecule has 1 N–H and O–H groups in total. The summed E-state index contributed by atoms with van der Waals surface area (Å²) in [4.78, 5) is 0. The van der Waals surface area contributed by atoms with E-state index >= 15 is 0 Å². The Labute approximate surface area is 153 Å². The number of hydrogen-bond acceptors (Lipinski definition) is 1. The van der Waals surface area contributed by atoms with Crippen molar-refractivity contribution in [2.75, 3.05) is 0 Å². The fourth-order valence-corrected chi connectivity index (χ4v) is 4.02. The molecule has 0 heterocycles. The van der Waals surface area contributed by atoms with Gasteiger partial charge in [0.15, 0.2) is 11.6 Å². The predicted molar refractivity (Wildman–Crippen MR) is 102 cm³/mol. The Kier molecular flexibility index (Phi) is 4.51. The molecule has 0 atom stereocenters. The summed E-state index contributed by atoms with van der Waals surface area (Å²) < 4.78 is 28.3. The summed E-state index contributed by atoms with van der Waals surface area (Å²) in [6.07, 6.45) is 0. The standard InChI is InChI=1S/C23H24F2O/c1-11-7-12(2)23(26)19(8-11)17-9-20(24)21(25)10-18(17)22-15(5)13(3)14(4)16(22)6/h7-10,22,26H,1-6H3. The number of phenols is 1. The zero-order valence-corrected chi connectivity index (χ0v) is 16.1. The molecule has 0 saturated heterocycles. The first kappa shape index (κ1) is 18.4. The summed E-state index contributed by atoms with van der Waals surface area (Å²) in [5.41, 5.74) is 8.10. The molecule has 0 saturated carbocycles. The molecular formula is C23H24F2O. The highest BCUT2D eigenvalue weighted by Gasteiger charge is 2.29. The van der Waals surface area contributed by atoms with Crippen molar-refractivity contribution in [1.29, 1.82) is 0 Å². The van der Waals surface area contributed by atoms with Crippen LogP contribution < -0.4 is 0 Å². The van der Waals surface area contributed by atoms with Crippen LogP contribution in [-0.2, 0) is 0 Å². The Morgan fingerprint density at radius 2 is 1.27 bits per heavy atom. The normalized spacial score (nSPS) is 15.4. The van der Waals surface area contributed by atoms with Gasteiger partial charge in [-0.25, -0.2) is 8.78 Å². The van der Waals surface area contributed by atoms with Crippen molar-refractivity contribution in [3.05, 3.63) is 74.9 Å². The second-order valence-corrected chi connectivity index (χ2v) is 7.38. The van der Waals surface area contributed by atoms with Crippen LogP contribution >= 0.6 is 0 Å². The molecule has 2 aromatic carbocycles. The van der Waals surface area contributed by atoms with Gasteiger partial charge in [-0.1, -0.05) is 17.2 Å². The Morgan fingerprint density at radius 1 is 0.731 bits per heavy atom. The molecule has 26 heavy (non-hydrogen) atoms. The number of rotatable bonds is 2. The second kappa shape index (κ2) is 6.39. The van der Waals surface area contributed by atoms with Gasteiger partial charge < -0.3 is 5.11 Å². The molecule has 136 valence electrons. The minimum Gasteiger partial charge on any atom is -0.507 e. The maximum Gasteiger partial charge on any atom is 0.159 e. The van der Waals surface area contributed by atoms with Gasteiger partial charge in [0.2, 0.25) is 0 Å². The molecule has 0 fully saturated rings. The minimum atomic E-state index is -0.906. The third-order valence-corrected chi connectivity index (χ3v) is 5.75. The molecule has 3 heteroatoms. The van der Waals surface area contributed by atoms with Crippen LogP contribution in [0.2, 0.25) is 0 Å². The molecule has 1 aliphatic carbocycles. The summed E-state index contributed by atoms with van der Waals surface area (Å²) in [6, 6.07) is 6.19. The molecule has 1 nitrogen and oxygen atoms in total. The van der Waals surface area contributed by atoms with Gasteiger partial charge in [-0.3, -0.25) is 0 Å². The van der Waals surface area contributed by atoms with Crippen molar-refractivity contribution in [3.8, 4) is 16.9 Å². The average molecular weight is 354 g/mol. The molecule has 0 spiro atoms. The third-order valence-electron chi connectivity index (χ3n) is 5.75. The summed E-state index contributed by atoms with van der Waals surface area (Å²) in [7, 11) is 0. The highest BCUT2D eigenvalue weighted by atomic mass is 19.2. The fourth-order valence-electron chi connectivity index (χ4n) is 4.02. The van der Waals surface area contributed by atoms with Crippen LogP contribution in [0.25, 0.3) is 11.1 Å². The van der Waals surface area contributed by atoms with Crippen LogP contribution in [0.3, 0.4) is 0 Å².